The molecule has 0 aliphatic carbocycles. The number of pyridine rings is 1. The molecule has 0 radical (unpaired) electrons. The standard InChI is InChI=1S/C10H11N5O2S/c1-3-14-7(2)12-13-10(14)18-9-5-4-8(6-11-9)15(16)17/h4-6H,3H2,1-2H3. The van der Waals surface area contributed by atoms with Crippen LogP contribution in [0.4, 0.5) is 5.69 Å². The van der Waals surface area contributed by atoms with Gasteiger partial charge < -0.3 is 4.57 Å². The molecule has 0 amide bonds. The van der Waals surface area contributed by atoms with Crippen molar-refractivity contribution in [3.8, 4) is 0 Å². The molecule has 0 unspecified atom stereocenters. The van der Waals surface area contributed by atoms with Crippen molar-refractivity contribution in [2.45, 2.75) is 30.6 Å². The van der Waals surface area contributed by atoms with Gasteiger partial charge in [0.15, 0.2) is 5.16 Å². The van der Waals surface area contributed by atoms with E-state index < -0.39 is 4.92 Å². The third-order valence-electron chi connectivity index (χ3n) is 2.35. The first-order valence-electron chi connectivity index (χ1n) is 5.30. The number of hydrogen-bond donors (Lipinski definition) is 0. The number of aryl methyl sites for hydroxylation is 1. The summed E-state index contributed by atoms with van der Waals surface area (Å²) in [6.45, 7) is 4.65. The Kier molecular flexibility index (Phi) is 3.56. The third-order valence-corrected chi connectivity index (χ3v) is 3.28. The van der Waals surface area contributed by atoms with E-state index in [0.29, 0.717) is 5.03 Å². The lowest BCUT2D eigenvalue weighted by Crippen LogP contribution is -1.99. The van der Waals surface area contributed by atoms with Crippen LogP contribution in [0.3, 0.4) is 0 Å². The number of aromatic nitrogens is 4. The molecule has 0 aliphatic rings. The van der Waals surface area contributed by atoms with E-state index >= 15 is 0 Å². The quantitative estimate of drug-likeness (QED) is 0.621. The van der Waals surface area contributed by atoms with Crippen molar-refractivity contribution in [2.75, 3.05) is 0 Å². The van der Waals surface area contributed by atoms with Crippen LogP contribution in [0.1, 0.15) is 12.7 Å². The van der Waals surface area contributed by atoms with E-state index in [1.165, 1.54) is 24.0 Å². The van der Waals surface area contributed by atoms with Crippen molar-refractivity contribution in [1.82, 2.24) is 19.7 Å². The molecule has 0 saturated carbocycles. The van der Waals surface area contributed by atoms with Crippen molar-refractivity contribution >= 4 is 17.4 Å². The van der Waals surface area contributed by atoms with Gasteiger partial charge in [0, 0.05) is 12.6 Å². The van der Waals surface area contributed by atoms with Crippen molar-refractivity contribution in [3.63, 3.8) is 0 Å². The summed E-state index contributed by atoms with van der Waals surface area (Å²) in [7, 11) is 0. The summed E-state index contributed by atoms with van der Waals surface area (Å²) in [5, 5.41) is 19.9. The Morgan fingerprint density at radius 1 is 1.44 bits per heavy atom. The van der Waals surface area contributed by atoms with Crippen LogP contribution in [-0.2, 0) is 6.54 Å². The Bertz CT molecular complexity index is 566. The maximum atomic E-state index is 10.5. The van der Waals surface area contributed by atoms with E-state index in [0.717, 1.165) is 17.5 Å². The number of hydrogen-bond acceptors (Lipinski definition) is 6. The van der Waals surface area contributed by atoms with Gasteiger partial charge in [0.05, 0.1) is 4.92 Å². The Morgan fingerprint density at radius 2 is 2.22 bits per heavy atom. The molecule has 0 aromatic carbocycles. The summed E-state index contributed by atoms with van der Waals surface area (Å²) in [5.74, 6) is 0.835. The fraction of sp³-hybridized carbons (Fsp3) is 0.300. The zero-order valence-electron chi connectivity index (χ0n) is 9.90. The van der Waals surface area contributed by atoms with Crippen LogP contribution < -0.4 is 0 Å². The SMILES string of the molecule is CCn1c(C)nnc1Sc1ccc([N+](=O)[O-])cn1. The van der Waals surface area contributed by atoms with E-state index in [1.54, 1.807) is 6.07 Å². The second-order valence-electron chi connectivity index (χ2n) is 3.49. The smallest absolute Gasteiger partial charge is 0.287 e. The summed E-state index contributed by atoms with van der Waals surface area (Å²) >= 11 is 1.34. The molecule has 94 valence electrons. The van der Waals surface area contributed by atoms with Crippen LogP contribution in [0.2, 0.25) is 0 Å². The molecule has 0 atom stereocenters. The average molecular weight is 265 g/mol. The molecular weight excluding hydrogens is 254 g/mol. The molecule has 18 heavy (non-hydrogen) atoms. The minimum Gasteiger partial charge on any atom is -0.306 e. The van der Waals surface area contributed by atoms with Crippen LogP contribution in [0.15, 0.2) is 28.5 Å². The summed E-state index contributed by atoms with van der Waals surface area (Å²) in [6, 6.07) is 3.03. The van der Waals surface area contributed by atoms with E-state index in [9.17, 15) is 10.1 Å². The Hall–Kier alpha value is -1.96. The molecule has 0 aliphatic heterocycles. The fourth-order valence-electron chi connectivity index (χ4n) is 1.44. The minimum absolute atomic E-state index is 0.0208. The van der Waals surface area contributed by atoms with Crippen molar-refractivity contribution < 1.29 is 4.92 Å². The van der Waals surface area contributed by atoms with Crippen molar-refractivity contribution in [3.05, 3.63) is 34.3 Å². The monoisotopic (exact) mass is 265 g/mol. The van der Waals surface area contributed by atoms with Crippen molar-refractivity contribution in [2.24, 2.45) is 0 Å². The van der Waals surface area contributed by atoms with Gasteiger partial charge in [0.2, 0.25) is 0 Å². The summed E-state index contributed by atoms with van der Waals surface area (Å²) in [5.41, 5.74) is -0.0208. The minimum atomic E-state index is -0.472. The molecule has 2 rings (SSSR count). The molecular formula is C10H11N5O2S. The van der Waals surface area contributed by atoms with Crippen LogP contribution in [-0.4, -0.2) is 24.7 Å². The van der Waals surface area contributed by atoms with Gasteiger partial charge in [0.25, 0.3) is 5.69 Å². The number of nitrogens with zero attached hydrogens (tertiary/aromatic N) is 5. The first kappa shape index (κ1) is 12.5. The highest BCUT2D eigenvalue weighted by Gasteiger charge is 2.11. The van der Waals surface area contributed by atoms with Crippen LogP contribution in [0.25, 0.3) is 0 Å². The normalized spacial score (nSPS) is 10.6. The van der Waals surface area contributed by atoms with Gasteiger partial charge in [-0.1, -0.05) is 0 Å². The zero-order chi connectivity index (χ0) is 13.1. The molecule has 0 spiro atoms. The first-order valence-corrected chi connectivity index (χ1v) is 6.11. The second kappa shape index (κ2) is 5.13. The summed E-state index contributed by atoms with van der Waals surface area (Å²) in [4.78, 5) is 14.1. The largest absolute Gasteiger partial charge is 0.306 e. The highest BCUT2D eigenvalue weighted by atomic mass is 32.2. The molecule has 2 heterocycles. The number of nitro groups is 1. The van der Waals surface area contributed by atoms with Gasteiger partial charge >= 0.3 is 0 Å². The predicted molar refractivity (Wildman–Crippen MR) is 65.4 cm³/mol. The Morgan fingerprint density at radius 3 is 2.78 bits per heavy atom. The molecule has 7 nitrogen and oxygen atoms in total. The Labute approximate surface area is 107 Å². The van der Waals surface area contributed by atoms with Crippen molar-refractivity contribution in [1.29, 1.82) is 0 Å². The molecule has 2 aromatic rings. The molecule has 2 aromatic heterocycles. The van der Waals surface area contributed by atoms with Gasteiger partial charge in [-0.2, -0.15) is 0 Å². The molecule has 0 N–H and O–H groups in total. The number of rotatable bonds is 4. The first-order chi connectivity index (χ1) is 8.61. The van der Waals surface area contributed by atoms with Gasteiger partial charge in [0.1, 0.15) is 17.0 Å². The highest BCUT2D eigenvalue weighted by Crippen LogP contribution is 2.25. The molecule has 0 fully saturated rings. The lowest BCUT2D eigenvalue weighted by molar-refractivity contribution is -0.385. The van der Waals surface area contributed by atoms with Gasteiger partial charge in [-0.15, -0.1) is 10.2 Å². The van der Waals surface area contributed by atoms with Crippen LogP contribution in [0.5, 0.6) is 0 Å². The van der Waals surface area contributed by atoms with E-state index in [1.807, 2.05) is 18.4 Å². The summed E-state index contributed by atoms with van der Waals surface area (Å²) in [6.07, 6.45) is 1.24. The van der Waals surface area contributed by atoms with Gasteiger partial charge in [-0.05, 0) is 31.7 Å². The van der Waals surface area contributed by atoms with Crippen LogP contribution >= 0.6 is 11.8 Å². The molecule has 0 bridgehead atoms. The topological polar surface area (TPSA) is 86.7 Å². The van der Waals surface area contributed by atoms with E-state index in [-0.39, 0.29) is 5.69 Å². The predicted octanol–water partition coefficient (Wildman–Crippen LogP) is 2.06. The molecule has 0 saturated heterocycles. The maximum Gasteiger partial charge on any atom is 0.287 e. The fourth-order valence-corrected chi connectivity index (χ4v) is 2.32. The highest BCUT2D eigenvalue weighted by molar-refractivity contribution is 7.99. The lowest BCUT2D eigenvalue weighted by atomic mass is 10.4. The average Bonchev–Trinajstić information content (AvgIpc) is 2.70. The van der Waals surface area contributed by atoms with Gasteiger partial charge in [-0.25, -0.2) is 4.98 Å². The lowest BCUT2D eigenvalue weighted by Gasteiger charge is -2.03. The van der Waals surface area contributed by atoms with Gasteiger partial charge in [-0.3, -0.25) is 10.1 Å². The maximum absolute atomic E-state index is 10.5. The van der Waals surface area contributed by atoms with E-state index in [2.05, 4.69) is 15.2 Å². The molecule has 8 heteroatoms. The third kappa shape index (κ3) is 2.48. The summed E-state index contributed by atoms with van der Waals surface area (Å²) < 4.78 is 1.95. The zero-order valence-corrected chi connectivity index (χ0v) is 10.7. The Balaban J connectivity index is 2.20. The van der Waals surface area contributed by atoms with E-state index in [4.69, 9.17) is 0 Å². The second-order valence-corrected chi connectivity index (χ2v) is 4.48. The van der Waals surface area contributed by atoms with Crippen LogP contribution in [0, 0.1) is 17.0 Å².